The van der Waals surface area contributed by atoms with Gasteiger partial charge in [0.15, 0.2) is 0 Å². The van der Waals surface area contributed by atoms with E-state index in [-0.39, 0.29) is 12.5 Å². The van der Waals surface area contributed by atoms with Crippen molar-refractivity contribution in [2.45, 2.75) is 106 Å². The summed E-state index contributed by atoms with van der Waals surface area (Å²) in [5.41, 5.74) is 8.68. The van der Waals surface area contributed by atoms with E-state index in [2.05, 4.69) is 61.7 Å². The van der Waals surface area contributed by atoms with Gasteiger partial charge in [-0.1, -0.05) is 109 Å². The highest BCUT2D eigenvalue weighted by molar-refractivity contribution is 7.85. The highest BCUT2D eigenvalue weighted by Gasteiger charge is 2.30. The van der Waals surface area contributed by atoms with Crippen molar-refractivity contribution in [2.75, 3.05) is 17.6 Å². The summed E-state index contributed by atoms with van der Waals surface area (Å²) in [6.07, 6.45) is 5.21. The van der Waals surface area contributed by atoms with E-state index in [9.17, 15) is 18.0 Å². The van der Waals surface area contributed by atoms with Gasteiger partial charge in [-0.3, -0.25) is 14.1 Å². The molecule has 4 aromatic carbocycles. The number of benzene rings is 4. The lowest BCUT2D eigenvalue weighted by Crippen LogP contribution is -2.28. The average Bonchev–Trinajstić information content (AvgIpc) is 3.16. The van der Waals surface area contributed by atoms with Crippen LogP contribution < -0.4 is 10.6 Å². The molecular weight excluding hydrogens is 728 g/mol. The SMILES string of the molecule is CC.CC.Cc1cc(-c2ccc(Cl)cc2C)ccc1NC(=O)C(Cc1ccc(C(=O)NCCS(=O)(=O)O)cc1)c1ccc(C2CCC(C(C)(C)C)CC2)cc1. The Morgan fingerprint density at radius 3 is 1.98 bits per heavy atom. The summed E-state index contributed by atoms with van der Waals surface area (Å²) in [5.74, 6) is -0.372. The summed E-state index contributed by atoms with van der Waals surface area (Å²) < 4.78 is 31.0. The van der Waals surface area contributed by atoms with Crippen LogP contribution in [0.1, 0.15) is 124 Å². The monoisotopic (exact) mass is 788 g/mol. The summed E-state index contributed by atoms with van der Waals surface area (Å²) in [5, 5.41) is 6.40. The lowest BCUT2D eigenvalue weighted by molar-refractivity contribution is -0.117. The maximum Gasteiger partial charge on any atom is 0.266 e. The lowest BCUT2D eigenvalue weighted by atomic mass is 9.68. The number of halogens is 1. The number of amides is 2. The first kappa shape index (κ1) is 45.4. The van der Waals surface area contributed by atoms with Crippen molar-refractivity contribution in [1.29, 1.82) is 0 Å². The number of rotatable bonds is 11. The van der Waals surface area contributed by atoms with E-state index >= 15 is 0 Å². The Morgan fingerprint density at radius 2 is 1.44 bits per heavy atom. The molecule has 0 radical (unpaired) electrons. The molecule has 0 saturated heterocycles. The van der Waals surface area contributed by atoms with Gasteiger partial charge in [-0.15, -0.1) is 0 Å². The first-order chi connectivity index (χ1) is 26.1. The minimum absolute atomic E-state index is 0.126. The molecule has 1 aliphatic carbocycles. The Labute approximate surface area is 335 Å². The number of hydrogen-bond donors (Lipinski definition) is 3. The lowest BCUT2D eigenvalue weighted by Gasteiger charge is -2.37. The molecule has 1 saturated carbocycles. The third-order valence-corrected chi connectivity index (χ3v) is 11.3. The van der Waals surface area contributed by atoms with Gasteiger partial charge in [0.1, 0.15) is 0 Å². The molecule has 5 rings (SSSR count). The molecule has 0 bridgehead atoms. The fourth-order valence-electron chi connectivity index (χ4n) is 7.22. The molecule has 1 unspecified atom stereocenters. The zero-order chi connectivity index (χ0) is 40.9. The summed E-state index contributed by atoms with van der Waals surface area (Å²) in [4.78, 5) is 26.7. The maximum atomic E-state index is 14.1. The Hall–Kier alpha value is -3.98. The van der Waals surface area contributed by atoms with E-state index in [0.29, 0.717) is 28.3 Å². The molecule has 3 N–H and O–H groups in total. The van der Waals surface area contributed by atoms with Crippen molar-refractivity contribution in [3.63, 3.8) is 0 Å². The molecule has 0 heterocycles. The van der Waals surface area contributed by atoms with Gasteiger partial charge < -0.3 is 10.6 Å². The van der Waals surface area contributed by atoms with E-state index in [1.807, 2.05) is 84.0 Å². The Balaban J connectivity index is 0.00000196. The van der Waals surface area contributed by atoms with Crippen molar-refractivity contribution in [3.05, 3.63) is 123 Å². The number of carbonyl (C=O) groups is 2. The van der Waals surface area contributed by atoms with E-state index in [0.717, 1.165) is 45.0 Å². The van der Waals surface area contributed by atoms with Crippen molar-refractivity contribution in [1.82, 2.24) is 5.32 Å². The topological polar surface area (TPSA) is 113 Å². The van der Waals surface area contributed by atoms with Gasteiger partial charge in [0.05, 0.1) is 11.7 Å². The molecule has 7 nitrogen and oxygen atoms in total. The second kappa shape index (κ2) is 20.8. The molecule has 0 aliphatic heterocycles. The molecule has 0 spiro atoms. The van der Waals surface area contributed by atoms with Crippen molar-refractivity contribution in [3.8, 4) is 11.1 Å². The van der Waals surface area contributed by atoms with Crippen molar-refractivity contribution < 1.29 is 22.6 Å². The van der Waals surface area contributed by atoms with E-state index in [1.165, 1.54) is 31.2 Å². The predicted molar refractivity (Wildman–Crippen MR) is 230 cm³/mol. The Bertz CT molecular complexity index is 1960. The summed E-state index contributed by atoms with van der Waals surface area (Å²) in [6.45, 7) is 18.8. The number of nitrogens with one attached hydrogen (secondary N) is 2. The highest BCUT2D eigenvalue weighted by Crippen LogP contribution is 2.43. The van der Waals surface area contributed by atoms with Crippen LogP contribution in [0, 0.1) is 25.2 Å². The van der Waals surface area contributed by atoms with Gasteiger partial charge in [-0.25, -0.2) is 0 Å². The van der Waals surface area contributed by atoms with Gasteiger partial charge in [-0.05, 0) is 139 Å². The van der Waals surface area contributed by atoms with Crippen LogP contribution in [-0.2, 0) is 21.3 Å². The maximum absolute atomic E-state index is 14.1. The zero-order valence-electron chi connectivity index (χ0n) is 34.1. The average molecular weight is 790 g/mol. The van der Waals surface area contributed by atoms with Crippen molar-refractivity contribution in [2.24, 2.45) is 11.3 Å². The third kappa shape index (κ3) is 13.3. The summed E-state index contributed by atoms with van der Waals surface area (Å²) in [6, 6.07) is 27.4. The molecule has 1 fully saturated rings. The van der Waals surface area contributed by atoms with Gasteiger partial charge in [0.25, 0.3) is 16.0 Å². The Morgan fingerprint density at radius 1 is 0.818 bits per heavy atom. The molecule has 1 aliphatic rings. The molecule has 4 aromatic rings. The molecular formula is C46H61ClN2O5S. The van der Waals surface area contributed by atoms with Gasteiger partial charge in [0, 0.05) is 22.8 Å². The number of carbonyl (C=O) groups excluding carboxylic acids is 2. The predicted octanol–water partition coefficient (Wildman–Crippen LogP) is 11.6. The van der Waals surface area contributed by atoms with Crippen LogP contribution in [0.25, 0.3) is 11.1 Å². The third-order valence-electron chi connectivity index (χ3n) is 10.4. The van der Waals surface area contributed by atoms with Gasteiger partial charge >= 0.3 is 0 Å². The smallest absolute Gasteiger partial charge is 0.266 e. The van der Waals surface area contributed by atoms with E-state index < -0.39 is 27.7 Å². The fraction of sp³-hybridized carbons (Fsp3) is 0.435. The molecule has 1 atom stereocenters. The number of hydrogen-bond acceptors (Lipinski definition) is 4. The van der Waals surface area contributed by atoms with Crippen LogP contribution >= 0.6 is 11.6 Å². The largest absolute Gasteiger partial charge is 0.351 e. The molecule has 55 heavy (non-hydrogen) atoms. The summed E-state index contributed by atoms with van der Waals surface area (Å²) >= 11 is 6.19. The second-order valence-electron chi connectivity index (χ2n) is 15.1. The van der Waals surface area contributed by atoms with Crippen LogP contribution in [0.15, 0.2) is 84.9 Å². The van der Waals surface area contributed by atoms with E-state index in [1.54, 1.807) is 12.1 Å². The fourth-order valence-corrected chi connectivity index (χ4v) is 7.81. The van der Waals surface area contributed by atoms with Crippen LogP contribution in [-0.4, -0.2) is 37.1 Å². The van der Waals surface area contributed by atoms with Crippen LogP contribution in [0.3, 0.4) is 0 Å². The molecule has 2 amide bonds. The highest BCUT2D eigenvalue weighted by atomic mass is 35.5. The van der Waals surface area contributed by atoms with Crippen LogP contribution in [0.5, 0.6) is 0 Å². The number of aryl methyl sites for hydroxylation is 2. The van der Waals surface area contributed by atoms with Gasteiger partial charge in [-0.2, -0.15) is 8.42 Å². The standard InChI is InChI=1S/C42H49ClN2O5S.2C2H6/c1-27-25-36(43)19-20-37(27)34-16-21-39(28(2)24-34)45-41(47)38(26-29-6-8-33(9-7-29)40(46)44-22-23-51(48,49)50)32-12-10-30(11-13-32)31-14-17-35(18-15-31)42(3,4)5;2*1-2/h6-13,16,19-21,24-25,31,35,38H,14-15,17-18,22-23,26H2,1-5H3,(H,44,46)(H,45,47)(H,48,49,50);2*1-2H3. The first-order valence-corrected chi connectivity index (χ1v) is 21.7. The van der Waals surface area contributed by atoms with E-state index in [4.69, 9.17) is 16.2 Å². The summed E-state index contributed by atoms with van der Waals surface area (Å²) in [7, 11) is -4.17. The molecule has 0 aromatic heterocycles. The second-order valence-corrected chi connectivity index (χ2v) is 17.1. The normalized spacial score (nSPS) is 16.1. The zero-order valence-corrected chi connectivity index (χ0v) is 35.7. The van der Waals surface area contributed by atoms with Gasteiger partial charge in [0.2, 0.25) is 5.91 Å². The molecule has 298 valence electrons. The van der Waals surface area contributed by atoms with Crippen molar-refractivity contribution >= 4 is 39.2 Å². The minimum atomic E-state index is -4.17. The first-order valence-electron chi connectivity index (χ1n) is 19.7. The minimum Gasteiger partial charge on any atom is -0.351 e. The van der Waals surface area contributed by atoms with Crippen LogP contribution in [0.4, 0.5) is 5.69 Å². The quantitative estimate of drug-likeness (QED) is 0.131. The van der Waals surface area contributed by atoms with Crippen LogP contribution in [0.2, 0.25) is 5.02 Å². The molecule has 9 heteroatoms. The Kier molecular flexibility index (Phi) is 17.2. The number of anilines is 1.